The number of hydrogen-bond acceptors (Lipinski definition) is 3. The maximum atomic E-state index is 13.2. The second kappa shape index (κ2) is 5.41. The summed E-state index contributed by atoms with van der Waals surface area (Å²) in [5.41, 5.74) is 4.93. The third kappa shape index (κ3) is 1.76. The van der Waals surface area contributed by atoms with E-state index in [2.05, 4.69) is 64.7 Å². The first-order chi connectivity index (χ1) is 16.0. The zero-order valence-corrected chi connectivity index (χ0v) is 18.5. The van der Waals surface area contributed by atoms with Crippen LogP contribution in [0.4, 0.5) is 0 Å². The van der Waals surface area contributed by atoms with E-state index in [1.165, 1.54) is 0 Å². The lowest BCUT2D eigenvalue weighted by atomic mass is 9.78. The predicted octanol–water partition coefficient (Wildman–Crippen LogP) is 4.75. The van der Waals surface area contributed by atoms with Crippen molar-refractivity contribution in [3.63, 3.8) is 0 Å². The van der Waals surface area contributed by atoms with Gasteiger partial charge >= 0.3 is 0 Å². The van der Waals surface area contributed by atoms with Gasteiger partial charge in [-0.05, 0) is 24.6 Å². The Hall–Kier alpha value is -3.35. The first-order valence-corrected chi connectivity index (χ1v) is 11.6. The summed E-state index contributed by atoms with van der Waals surface area (Å²) in [6, 6.07) is 16.7. The molecule has 0 saturated carbocycles. The predicted molar refractivity (Wildman–Crippen MR) is 127 cm³/mol. The summed E-state index contributed by atoms with van der Waals surface area (Å²) in [6.45, 7) is 4.79. The summed E-state index contributed by atoms with van der Waals surface area (Å²) >= 11 is 0. The Kier molecular flexibility index (Phi) is 2.97. The number of aliphatic hydroxyl groups excluding tert-OH is 1. The van der Waals surface area contributed by atoms with E-state index in [1.54, 1.807) is 0 Å². The summed E-state index contributed by atoms with van der Waals surface area (Å²) in [5, 5.41) is 18.1. The maximum absolute atomic E-state index is 13.2. The van der Waals surface area contributed by atoms with Crippen LogP contribution in [0.1, 0.15) is 42.4 Å². The number of benzene rings is 3. The minimum Gasteiger partial charge on any atom is -0.396 e. The van der Waals surface area contributed by atoms with Crippen LogP contribution in [0.25, 0.3) is 43.6 Å². The highest BCUT2D eigenvalue weighted by molar-refractivity contribution is 6.31. The largest absolute Gasteiger partial charge is 0.396 e. The first kappa shape index (κ1) is 18.1. The normalized spacial score (nSPS) is 27.8. The lowest BCUT2D eigenvalue weighted by Crippen LogP contribution is -2.45. The molecular formula is C27H23N3O3. The molecule has 5 heterocycles. The van der Waals surface area contributed by atoms with Crippen LogP contribution in [0.15, 0.2) is 48.5 Å². The highest BCUT2D eigenvalue weighted by Gasteiger charge is 2.58. The summed E-state index contributed by atoms with van der Waals surface area (Å²) in [7, 11) is 0. The number of hydrogen-bond donors (Lipinski definition) is 2. The van der Waals surface area contributed by atoms with Crippen LogP contribution < -0.4 is 5.32 Å². The number of carbonyl (C=O) groups excluding carboxylic acids is 1. The zero-order valence-electron chi connectivity index (χ0n) is 18.5. The fourth-order valence-electron chi connectivity index (χ4n) is 6.92. The molecule has 0 aliphatic carbocycles. The SMILES string of the molecule is C[C@@]1(CO)CC2O[C@@]1(C)n1c3ccccc3c3c4c(c5c6ccccc6n2c5c31)C(=O)NC4. The summed E-state index contributed by atoms with van der Waals surface area (Å²) in [4.78, 5) is 13.2. The van der Waals surface area contributed by atoms with Crippen molar-refractivity contribution in [2.75, 3.05) is 6.61 Å². The molecular weight excluding hydrogens is 414 g/mol. The van der Waals surface area contributed by atoms with Gasteiger partial charge in [-0.2, -0.15) is 0 Å². The molecule has 33 heavy (non-hydrogen) atoms. The number of nitrogens with one attached hydrogen (secondary N) is 1. The van der Waals surface area contributed by atoms with E-state index >= 15 is 0 Å². The van der Waals surface area contributed by atoms with Gasteiger partial charge in [0.1, 0.15) is 6.23 Å². The fraction of sp³-hybridized carbons (Fsp3) is 0.296. The van der Waals surface area contributed by atoms with Crippen molar-refractivity contribution < 1.29 is 14.6 Å². The van der Waals surface area contributed by atoms with Gasteiger partial charge in [-0.15, -0.1) is 0 Å². The number of amides is 1. The number of nitrogens with zero attached hydrogens (tertiary/aromatic N) is 2. The Morgan fingerprint density at radius 2 is 1.73 bits per heavy atom. The Balaban J connectivity index is 1.78. The number of fused-ring (bicyclic) bond motifs is 13. The van der Waals surface area contributed by atoms with Crippen molar-refractivity contribution >= 4 is 49.5 Å². The van der Waals surface area contributed by atoms with Crippen molar-refractivity contribution in [2.45, 2.75) is 38.8 Å². The molecule has 3 aromatic carbocycles. The van der Waals surface area contributed by atoms with E-state index in [0.717, 1.165) is 54.7 Å². The van der Waals surface area contributed by atoms with Gasteiger partial charge in [0, 0.05) is 39.9 Å². The van der Waals surface area contributed by atoms with Crippen LogP contribution in [-0.4, -0.2) is 26.8 Å². The van der Waals surface area contributed by atoms with Gasteiger partial charge in [0.05, 0.1) is 34.2 Å². The first-order valence-electron chi connectivity index (χ1n) is 11.6. The Morgan fingerprint density at radius 1 is 1.03 bits per heavy atom. The van der Waals surface area contributed by atoms with Crippen molar-refractivity contribution in [3.8, 4) is 0 Å². The molecule has 0 radical (unpaired) electrons. The smallest absolute Gasteiger partial charge is 0.252 e. The van der Waals surface area contributed by atoms with E-state index in [-0.39, 0.29) is 18.7 Å². The molecule has 3 aliphatic heterocycles. The Labute approximate surface area is 189 Å². The average molecular weight is 437 g/mol. The number of ether oxygens (including phenoxy) is 1. The van der Waals surface area contributed by atoms with Gasteiger partial charge in [0.2, 0.25) is 0 Å². The molecule has 2 bridgehead atoms. The lowest BCUT2D eigenvalue weighted by molar-refractivity contribution is -0.149. The van der Waals surface area contributed by atoms with Crippen LogP contribution in [0.5, 0.6) is 0 Å². The van der Waals surface area contributed by atoms with E-state index in [9.17, 15) is 9.90 Å². The molecule has 8 rings (SSSR count). The second-order valence-electron chi connectivity index (χ2n) is 10.2. The van der Waals surface area contributed by atoms with Gasteiger partial charge < -0.3 is 24.3 Å². The lowest BCUT2D eigenvalue weighted by Gasteiger charge is -2.40. The van der Waals surface area contributed by atoms with E-state index in [0.29, 0.717) is 13.0 Å². The molecule has 1 unspecified atom stereocenters. The molecule has 5 aromatic rings. The molecule has 164 valence electrons. The molecule has 6 nitrogen and oxygen atoms in total. The standard InChI is InChI=1S/C27H23N3O3/c1-26(13-31)11-19-29-17-9-5-3-7-14(17)21-22-16(12-28-25(22)32)20-15-8-4-6-10-18(15)30(24(20)23(21)29)27(26,2)33-19/h3-10,19,31H,11-13H2,1-2H3,(H,28,32)/t19?,26-,27+/m0/s1. The molecule has 1 saturated heterocycles. The molecule has 0 spiro atoms. The van der Waals surface area contributed by atoms with Crippen LogP contribution in [-0.2, 0) is 17.0 Å². The van der Waals surface area contributed by atoms with Crippen LogP contribution >= 0.6 is 0 Å². The number of carbonyl (C=O) groups is 1. The van der Waals surface area contributed by atoms with Crippen LogP contribution in [0.2, 0.25) is 0 Å². The number of rotatable bonds is 1. The maximum Gasteiger partial charge on any atom is 0.252 e. The highest BCUT2D eigenvalue weighted by atomic mass is 16.5. The van der Waals surface area contributed by atoms with E-state index in [4.69, 9.17) is 4.74 Å². The van der Waals surface area contributed by atoms with Crippen molar-refractivity contribution in [1.82, 2.24) is 14.5 Å². The topological polar surface area (TPSA) is 68.4 Å². The molecule has 6 heteroatoms. The zero-order chi connectivity index (χ0) is 22.3. The third-order valence-corrected chi connectivity index (χ3v) is 8.69. The summed E-state index contributed by atoms with van der Waals surface area (Å²) in [5.74, 6) is -0.00614. The van der Waals surface area contributed by atoms with Crippen molar-refractivity contribution in [2.24, 2.45) is 5.41 Å². The minimum absolute atomic E-state index is 0.00614. The quantitative estimate of drug-likeness (QED) is 0.398. The van der Waals surface area contributed by atoms with Gasteiger partial charge in [-0.25, -0.2) is 0 Å². The molecule has 2 aromatic heterocycles. The molecule has 3 aliphatic rings. The van der Waals surface area contributed by atoms with Crippen molar-refractivity contribution in [3.05, 3.63) is 59.7 Å². The van der Waals surface area contributed by atoms with Crippen molar-refractivity contribution in [1.29, 1.82) is 0 Å². The van der Waals surface area contributed by atoms with Gasteiger partial charge in [0.25, 0.3) is 5.91 Å². The Morgan fingerprint density at radius 3 is 2.48 bits per heavy atom. The molecule has 1 fully saturated rings. The van der Waals surface area contributed by atoms with E-state index in [1.807, 2.05) is 12.1 Å². The summed E-state index contributed by atoms with van der Waals surface area (Å²) in [6.07, 6.45) is 0.448. The van der Waals surface area contributed by atoms with Crippen LogP contribution in [0.3, 0.4) is 0 Å². The number of aromatic nitrogens is 2. The minimum atomic E-state index is -0.745. The third-order valence-electron chi connectivity index (χ3n) is 8.69. The van der Waals surface area contributed by atoms with Gasteiger partial charge in [-0.1, -0.05) is 43.3 Å². The average Bonchev–Trinajstić information content (AvgIpc) is 3.51. The Bertz CT molecular complexity index is 1730. The molecule has 3 atom stereocenters. The van der Waals surface area contributed by atoms with E-state index < -0.39 is 11.1 Å². The van der Waals surface area contributed by atoms with Crippen LogP contribution in [0, 0.1) is 5.41 Å². The highest BCUT2D eigenvalue weighted by Crippen LogP contribution is 2.60. The molecule has 2 N–H and O–H groups in total. The fourth-order valence-corrected chi connectivity index (χ4v) is 6.92. The second-order valence-corrected chi connectivity index (χ2v) is 10.2. The molecule has 1 amide bonds. The monoisotopic (exact) mass is 437 g/mol. The summed E-state index contributed by atoms with van der Waals surface area (Å²) < 4.78 is 11.5. The van der Waals surface area contributed by atoms with Gasteiger partial charge in [-0.3, -0.25) is 4.79 Å². The van der Waals surface area contributed by atoms with Gasteiger partial charge in [0.15, 0.2) is 5.72 Å². The number of aliphatic hydroxyl groups is 1. The number of para-hydroxylation sites is 2.